The van der Waals surface area contributed by atoms with Crippen LogP contribution in [0.15, 0.2) is 194 Å². The lowest BCUT2D eigenvalue weighted by Gasteiger charge is -2.67. The number of hydrogen-bond donors (Lipinski definition) is 0. The summed E-state index contributed by atoms with van der Waals surface area (Å²) >= 11 is 0. The maximum Gasteiger partial charge on any atom is 0.343 e. The van der Waals surface area contributed by atoms with Crippen molar-refractivity contribution >= 4 is 60.4 Å². The first kappa shape index (κ1) is 93.6. The molecule has 0 saturated carbocycles. The summed E-state index contributed by atoms with van der Waals surface area (Å²) in [6.07, 6.45) is 27.0. The predicted octanol–water partition coefficient (Wildman–Crippen LogP) is 25.2. The van der Waals surface area contributed by atoms with E-state index < -0.39 is 60.4 Å². The molecule has 0 aliphatic heterocycles. The first-order valence-corrected chi connectivity index (χ1v) is 61.7. The molecule has 0 radical (unpaired) electrons. The zero-order chi connectivity index (χ0) is 83.8. The van der Waals surface area contributed by atoms with Crippen LogP contribution < -0.4 is 56.8 Å². The third-order valence-corrected chi connectivity index (χ3v) is 138. The molecule has 0 amide bonds. The van der Waals surface area contributed by atoms with Gasteiger partial charge in [0, 0.05) is 36.5 Å². The molecule has 0 fully saturated rings. The summed E-state index contributed by atoms with van der Waals surface area (Å²) in [5, 5.41) is 0. The summed E-state index contributed by atoms with van der Waals surface area (Å²) in [5.41, 5.74) is 1.89. The predicted molar refractivity (Wildman–Crippen MR) is 485 cm³/mol. The Morgan fingerprint density at radius 2 is 0.342 bits per heavy atom. The maximum absolute atomic E-state index is 12.9. The topological polar surface area (TPSA) is 179 Å². The van der Waals surface area contributed by atoms with Crippen LogP contribution in [0.2, 0.25) is 76.6 Å². The Morgan fingerprint density at radius 1 is 0.197 bits per heavy atom. The van der Waals surface area contributed by atoms with Gasteiger partial charge in [-0.25, -0.2) is 19.2 Å². The van der Waals surface area contributed by atoms with Crippen molar-refractivity contribution in [2.45, 2.75) is 231 Å². The summed E-state index contributed by atoms with van der Waals surface area (Å²) in [6, 6.07) is 62.8. The number of benzene rings is 8. The molecular weight excluding hydrogens is 1550 g/mol. The normalized spacial score (nSPS) is 11.8. The van der Waals surface area contributed by atoms with Crippen LogP contribution in [0.1, 0.15) is 196 Å². The average Bonchev–Trinajstić information content (AvgIpc) is 0.686. The summed E-state index contributed by atoms with van der Waals surface area (Å²) in [4.78, 5) is 51.6. The second kappa shape index (κ2) is 48.9. The van der Waals surface area contributed by atoms with Crippen molar-refractivity contribution in [3.63, 3.8) is 0 Å². The van der Waals surface area contributed by atoms with E-state index in [0.717, 1.165) is 74.4 Å². The highest BCUT2D eigenvalue weighted by molar-refractivity contribution is 8.06. The lowest BCUT2D eigenvalue weighted by molar-refractivity contribution is 0.0725. The van der Waals surface area contributed by atoms with Gasteiger partial charge >= 0.3 is 23.9 Å². The summed E-state index contributed by atoms with van der Waals surface area (Å²) in [5.74, 6) is 6.04. The van der Waals surface area contributed by atoms with Gasteiger partial charge in [-0.15, -0.1) is 0 Å². The molecule has 0 aromatic heterocycles. The molecule has 0 aliphatic carbocycles. The molecule has 0 heterocycles. The molecule has 8 aromatic carbocycles. The highest BCUT2D eigenvalue weighted by atomic mass is 30.2. The van der Waals surface area contributed by atoms with E-state index in [1.807, 2.05) is 48.5 Å². The fraction of sp³-hybridized carbons (Fsp3) is 0.458. The van der Waals surface area contributed by atoms with Crippen molar-refractivity contribution in [2.75, 3.05) is 54.9 Å². The molecule has 0 atom stereocenters. The average molecular weight is 1680 g/mol. The van der Waals surface area contributed by atoms with Crippen molar-refractivity contribution in [2.24, 2.45) is 0 Å². The number of unbranched alkanes of at least 4 members (excludes halogenated alkanes) is 20. The molecule has 16 nitrogen and oxygen atoms in total. The minimum atomic E-state index is -1.93. The van der Waals surface area contributed by atoms with E-state index in [2.05, 4.69) is 52.4 Å². The number of carbonyl (C=O) groups is 4. The minimum Gasteiger partial charge on any atom is -0.497 e. The fourth-order valence-electron chi connectivity index (χ4n) is 18.5. The van der Waals surface area contributed by atoms with Crippen LogP contribution in [-0.4, -0.2) is 115 Å². The highest BCUT2D eigenvalue weighted by Crippen LogP contribution is 2.51. The lowest BCUT2D eigenvalue weighted by atomic mass is 10.1. The van der Waals surface area contributed by atoms with Gasteiger partial charge in [-0.3, -0.25) is 0 Å². The van der Waals surface area contributed by atoms with Gasteiger partial charge in [0.1, 0.15) is 69.0 Å². The van der Waals surface area contributed by atoms with E-state index in [0.29, 0.717) is 94.7 Å². The molecule has 0 saturated heterocycles. The number of methoxy groups -OCH3 is 4. The van der Waals surface area contributed by atoms with Crippen molar-refractivity contribution < 1.29 is 76.0 Å². The Labute approximate surface area is 702 Å². The van der Waals surface area contributed by atoms with Gasteiger partial charge in [0.2, 0.25) is 0 Å². The van der Waals surface area contributed by atoms with E-state index in [9.17, 15) is 19.2 Å². The Balaban J connectivity index is 0.868. The number of rotatable bonds is 56. The van der Waals surface area contributed by atoms with E-state index in [1.54, 1.807) is 174 Å². The summed E-state index contributed by atoms with van der Waals surface area (Å²) in [7, 11) is -0.908. The molecule has 0 spiro atoms. The van der Waals surface area contributed by atoms with Crippen LogP contribution in [-0.2, 0) is 0 Å². The molecule has 0 unspecified atom stereocenters. The molecular formula is C96H132O16Si5. The number of ether oxygens (including phenoxy) is 12. The molecule has 632 valence electrons. The molecule has 0 aliphatic rings. The van der Waals surface area contributed by atoms with Gasteiger partial charge < -0.3 is 56.8 Å². The molecule has 8 aromatic rings. The Bertz CT molecular complexity index is 3650. The van der Waals surface area contributed by atoms with E-state index in [-0.39, 0.29) is 0 Å². The number of esters is 4. The Kier molecular flexibility index (Phi) is 39.1. The minimum absolute atomic E-state index is 0.412. The fourth-order valence-corrected chi connectivity index (χ4v) is 188. The van der Waals surface area contributed by atoms with Crippen LogP contribution in [0.4, 0.5) is 0 Å². The first-order chi connectivity index (χ1) is 56.5. The van der Waals surface area contributed by atoms with Crippen molar-refractivity contribution in [3.05, 3.63) is 216 Å². The Hall–Kier alpha value is -8.88. The quantitative estimate of drug-likeness (QED) is 0.0152. The van der Waals surface area contributed by atoms with Gasteiger partial charge in [0.15, 0.2) is 0 Å². The zero-order valence-corrected chi connectivity index (χ0v) is 77.1. The van der Waals surface area contributed by atoms with Crippen LogP contribution in [0.25, 0.3) is 0 Å². The van der Waals surface area contributed by atoms with E-state index >= 15 is 0 Å². The monoisotopic (exact) mass is 1680 g/mol. The zero-order valence-electron chi connectivity index (χ0n) is 72.1. The second-order valence-electron chi connectivity index (χ2n) is 33.5. The van der Waals surface area contributed by atoms with Crippen molar-refractivity contribution in [3.8, 4) is 69.0 Å². The standard InChI is InChI=1S/C96H132O16Si5/c1-101-81-53-61-89(62-54-81)109-93(97)77-37-45-85(46-38-77)105-69-29-21-13-17-25-33-73-113(5,6)117(114(7,8)74-34-26-18-14-22-30-70-106-86-47-39-78(40-48-86)94(98)110-90-63-55-82(102-2)56-64-90,115(9,10)75-35-27-19-15-23-31-71-107-87-49-41-79(42-50-87)95(99)111-91-65-57-83(103-3)58-66-91)116(11,12)76-36-28-20-16-24-32-72-108-88-51-43-80(44-52-88)96(100)112-92-67-59-84(104-4)60-68-92/h37-68H,13-36,69-76H2,1-12H3. The molecule has 21 heteroatoms. The lowest BCUT2D eigenvalue weighted by Crippen LogP contribution is -2.94. The molecule has 0 bridgehead atoms. The van der Waals surface area contributed by atoms with Crippen LogP contribution >= 0.6 is 0 Å². The van der Waals surface area contributed by atoms with Crippen LogP contribution in [0.5, 0.6) is 69.0 Å². The SMILES string of the molecule is COc1ccc(OC(=O)c2ccc(OCCCCCCCC[Si](C)(C)[Si]([Si](C)(C)CCCCCCCCOc3ccc(C(=O)Oc4ccc(OC)cc4)cc3)([Si](C)(C)CCCCCCCCOc3ccc(C(=O)Oc4ccc(OC)cc4)cc3)[Si](C)(C)CCCCCCCCOc3ccc(C(=O)Oc4ccc(OC)cc4)cc3)cc2)cc1. The molecule has 0 N–H and O–H groups in total. The van der Waals surface area contributed by atoms with Gasteiger partial charge in [0.25, 0.3) is 0 Å². The Morgan fingerprint density at radius 3 is 0.513 bits per heavy atom. The van der Waals surface area contributed by atoms with Crippen molar-refractivity contribution in [1.29, 1.82) is 0 Å². The summed E-state index contributed by atoms with van der Waals surface area (Å²) < 4.78 is 68.1. The van der Waals surface area contributed by atoms with E-state index in [1.165, 1.54) is 127 Å². The van der Waals surface area contributed by atoms with Crippen LogP contribution in [0, 0.1) is 0 Å². The number of carbonyl (C=O) groups excluding carboxylic acids is 4. The van der Waals surface area contributed by atoms with Gasteiger partial charge in [-0.1, -0.05) is 205 Å². The van der Waals surface area contributed by atoms with E-state index in [4.69, 9.17) is 56.8 Å². The second-order valence-corrected chi connectivity index (χ2v) is 86.3. The van der Waals surface area contributed by atoms with Crippen molar-refractivity contribution in [1.82, 2.24) is 0 Å². The van der Waals surface area contributed by atoms with Gasteiger partial charge in [-0.2, -0.15) is 0 Å². The largest absolute Gasteiger partial charge is 0.497 e. The molecule has 8 rings (SSSR count). The highest BCUT2D eigenvalue weighted by Gasteiger charge is 2.71. The third-order valence-electron chi connectivity index (χ3n) is 23.4. The maximum atomic E-state index is 12.9. The van der Waals surface area contributed by atoms with Gasteiger partial charge in [-0.05, 0) is 220 Å². The number of hydrogen-bond acceptors (Lipinski definition) is 16. The van der Waals surface area contributed by atoms with Gasteiger partial charge in [0.05, 0.1) is 77.1 Å². The first-order valence-electron chi connectivity index (χ1n) is 42.9. The van der Waals surface area contributed by atoms with Crippen LogP contribution in [0.3, 0.4) is 0 Å². The third kappa shape index (κ3) is 29.9. The molecule has 117 heavy (non-hydrogen) atoms. The smallest absolute Gasteiger partial charge is 0.343 e. The summed E-state index contributed by atoms with van der Waals surface area (Å²) in [6.45, 7) is 26.4.